The van der Waals surface area contributed by atoms with Gasteiger partial charge in [-0.2, -0.15) is 0 Å². The van der Waals surface area contributed by atoms with Crippen LogP contribution in [0.3, 0.4) is 0 Å². The Morgan fingerprint density at radius 2 is 1.57 bits per heavy atom. The molecule has 0 spiro atoms. The second kappa shape index (κ2) is 10.5. The highest BCUT2D eigenvalue weighted by Gasteiger charge is 2.12. The number of aliphatic hydroxyl groups is 1. The van der Waals surface area contributed by atoms with Crippen molar-refractivity contribution < 1.29 is 14.7 Å². The Hall–Kier alpha value is -2.21. The van der Waals surface area contributed by atoms with Gasteiger partial charge in [0.25, 0.3) is 5.91 Å². The molecule has 0 bridgehead atoms. The molecule has 2 unspecified atom stereocenters. The standard InChI is InChI=1S/C10H15NO.C8H9NO2/c1-8(11-2)10(12)9-6-4-3-5-7-9;1-11-9-8(10)7-5-3-2-4-6-7/h3-8,10-12H,1-2H3;2-6H,1H3,(H,9,10). The van der Waals surface area contributed by atoms with Crippen molar-refractivity contribution in [1.29, 1.82) is 0 Å². The van der Waals surface area contributed by atoms with Crippen LogP contribution >= 0.6 is 0 Å². The molecule has 0 aliphatic heterocycles. The van der Waals surface area contributed by atoms with Crippen LogP contribution in [0.15, 0.2) is 60.7 Å². The maximum atomic E-state index is 11.0. The zero-order valence-electron chi connectivity index (χ0n) is 13.7. The zero-order valence-corrected chi connectivity index (χ0v) is 13.7. The van der Waals surface area contributed by atoms with Crippen molar-refractivity contribution in [3.05, 3.63) is 71.8 Å². The van der Waals surface area contributed by atoms with Crippen molar-refractivity contribution in [2.75, 3.05) is 14.2 Å². The van der Waals surface area contributed by atoms with Crippen molar-refractivity contribution in [2.24, 2.45) is 0 Å². The minimum Gasteiger partial charge on any atom is -0.387 e. The molecule has 2 aromatic carbocycles. The van der Waals surface area contributed by atoms with Gasteiger partial charge in [0.05, 0.1) is 13.2 Å². The molecule has 2 atom stereocenters. The van der Waals surface area contributed by atoms with E-state index >= 15 is 0 Å². The number of rotatable bonds is 5. The summed E-state index contributed by atoms with van der Waals surface area (Å²) in [5.41, 5.74) is 3.77. The molecule has 0 fully saturated rings. The van der Waals surface area contributed by atoms with Crippen molar-refractivity contribution in [2.45, 2.75) is 19.1 Å². The summed E-state index contributed by atoms with van der Waals surface area (Å²) in [6.07, 6.45) is -0.420. The Labute approximate surface area is 137 Å². The van der Waals surface area contributed by atoms with E-state index in [2.05, 4.69) is 15.6 Å². The van der Waals surface area contributed by atoms with Gasteiger partial charge in [-0.25, -0.2) is 5.48 Å². The summed E-state index contributed by atoms with van der Waals surface area (Å²) in [5, 5.41) is 12.7. The summed E-state index contributed by atoms with van der Waals surface area (Å²) in [7, 11) is 3.25. The highest BCUT2D eigenvalue weighted by Crippen LogP contribution is 2.15. The first-order valence-corrected chi connectivity index (χ1v) is 7.38. The molecule has 0 aliphatic rings. The average Bonchev–Trinajstić information content (AvgIpc) is 2.62. The fourth-order valence-electron chi connectivity index (χ4n) is 1.84. The average molecular weight is 316 g/mol. The second-order valence-electron chi connectivity index (χ2n) is 4.93. The highest BCUT2D eigenvalue weighted by atomic mass is 16.6. The number of hydrogen-bond acceptors (Lipinski definition) is 4. The maximum Gasteiger partial charge on any atom is 0.274 e. The van der Waals surface area contributed by atoms with E-state index in [-0.39, 0.29) is 11.9 Å². The van der Waals surface area contributed by atoms with E-state index in [0.717, 1.165) is 5.56 Å². The number of likely N-dealkylation sites (N-methyl/N-ethyl adjacent to an activating group) is 1. The molecule has 3 N–H and O–H groups in total. The summed E-state index contributed by atoms with van der Waals surface area (Å²) in [6, 6.07) is 18.6. The third kappa shape index (κ3) is 6.61. The van der Waals surface area contributed by atoms with Crippen LogP contribution in [-0.2, 0) is 4.84 Å². The summed E-state index contributed by atoms with van der Waals surface area (Å²) in [4.78, 5) is 15.5. The lowest BCUT2D eigenvalue weighted by Gasteiger charge is -2.17. The number of carbonyl (C=O) groups excluding carboxylic acids is 1. The van der Waals surface area contributed by atoms with Crippen LogP contribution < -0.4 is 10.8 Å². The fraction of sp³-hybridized carbons (Fsp3) is 0.278. The Balaban J connectivity index is 0.000000231. The van der Waals surface area contributed by atoms with E-state index in [1.807, 2.05) is 50.4 Å². The van der Waals surface area contributed by atoms with E-state index in [1.54, 1.807) is 24.3 Å². The molecular formula is C18H24N2O3. The Morgan fingerprint density at radius 3 is 2.04 bits per heavy atom. The van der Waals surface area contributed by atoms with Gasteiger partial charge >= 0.3 is 0 Å². The molecule has 124 valence electrons. The summed E-state index contributed by atoms with van der Waals surface area (Å²) >= 11 is 0. The van der Waals surface area contributed by atoms with Gasteiger partial charge in [-0.05, 0) is 31.7 Å². The number of aliphatic hydroxyl groups excluding tert-OH is 1. The van der Waals surface area contributed by atoms with Gasteiger partial charge in [0, 0.05) is 11.6 Å². The quantitative estimate of drug-likeness (QED) is 0.740. The maximum absolute atomic E-state index is 11.0. The first-order valence-electron chi connectivity index (χ1n) is 7.38. The van der Waals surface area contributed by atoms with Crippen molar-refractivity contribution >= 4 is 5.91 Å². The number of hydrogen-bond donors (Lipinski definition) is 3. The molecule has 0 saturated carbocycles. The van der Waals surface area contributed by atoms with Crippen LogP contribution in [-0.4, -0.2) is 31.2 Å². The lowest BCUT2D eigenvalue weighted by atomic mass is 10.0. The summed E-state index contributed by atoms with van der Waals surface area (Å²) in [5.74, 6) is -0.229. The molecule has 5 nitrogen and oxygen atoms in total. The predicted octanol–water partition coefficient (Wildman–Crippen LogP) is 2.31. The van der Waals surface area contributed by atoms with E-state index in [1.165, 1.54) is 7.11 Å². The minimum absolute atomic E-state index is 0.0902. The van der Waals surface area contributed by atoms with Crippen LogP contribution in [0.1, 0.15) is 28.9 Å². The van der Waals surface area contributed by atoms with Gasteiger partial charge < -0.3 is 10.4 Å². The predicted molar refractivity (Wildman–Crippen MR) is 90.8 cm³/mol. The monoisotopic (exact) mass is 316 g/mol. The molecule has 2 rings (SSSR count). The third-order valence-corrected chi connectivity index (χ3v) is 3.30. The molecule has 2 aromatic rings. The molecule has 0 heterocycles. The van der Waals surface area contributed by atoms with Gasteiger partial charge in [-0.15, -0.1) is 0 Å². The topological polar surface area (TPSA) is 70.6 Å². The smallest absolute Gasteiger partial charge is 0.274 e. The lowest BCUT2D eigenvalue weighted by Crippen LogP contribution is -2.28. The molecule has 1 amide bonds. The molecule has 23 heavy (non-hydrogen) atoms. The van der Waals surface area contributed by atoms with Gasteiger partial charge in [0.1, 0.15) is 0 Å². The van der Waals surface area contributed by atoms with Gasteiger partial charge in [-0.1, -0.05) is 48.5 Å². The minimum atomic E-state index is -0.420. The van der Waals surface area contributed by atoms with E-state index in [0.29, 0.717) is 5.56 Å². The molecule has 0 aromatic heterocycles. The van der Waals surface area contributed by atoms with Gasteiger partial charge in [0.15, 0.2) is 0 Å². The van der Waals surface area contributed by atoms with Crippen LogP contribution in [0.2, 0.25) is 0 Å². The molecule has 0 radical (unpaired) electrons. The summed E-state index contributed by atoms with van der Waals surface area (Å²) in [6.45, 7) is 1.96. The Morgan fingerprint density at radius 1 is 1.04 bits per heavy atom. The number of nitrogens with one attached hydrogen (secondary N) is 2. The van der Waals surface area contributed by atoms with E-state index in [9.17, 15) is 9.90 Å². The van der Waals surface area contributed by atoms with Crippen molar-refractivity contribution in [3.8, 4) is 0 Å². The van der Waals surface area contributed by atoms with Gasteiger partial charge in [-0.3, -0.25) is 9.63 Å². The number of amides is 1. The SMILES string of the molecule is CNC(C)C(O)c1ccccc1.CONC(=O)c1ccccc1. The first kappa shape index (κ1) is 18.8. The molecule has 0 saturated heterocycles. The van der Waals surface area contributed by atoms with E-state index in [4.69, 9.17) is 0 Å². The fourth-order valence-corrected chi connectivity index (χ4v) is 1.84. The largest absolute Gasteiger partial charge is 0.387 e. The first-order chi connectivity index (χ1) is 11.1. The number of carbonyl (C=O) groups is 1. The number of benzene rings is 2. The number of hydroxylamine groups is 1. The second-order valence-corrected chi connectivity index (χ2v) is 4.93. The van der Waals surface area contributed by atoms with Crippen LogP contribution in [0, 0.1) is 0 Å². The molecule has 5 heteroatoms. The highest BCUT2D eigenvalue weighted by molar-refractivity contribution is 5.93. The normalized spacial score (nSPS) is 12.5. The van der Waals surface area contributed by atoms with Crippen molar-refractivity contribution in [1.82, 2.24) is 10.8 Å². The van der Waals surface area contributed by atoms with Crippen molar-refractivity contribution in [3.63, 3.8) is 0 Å². The Bertz CT molecular complexity index is 561. The Kier molecular flexibility index (Phi) is 8.60. The van der Waals surface area contributed by atoms with Crippen LogP contribution in [0.5, 0.6) is 0 Å². The summed E-state index contributed by atoms with van der Waals surface area (Å²) < 4.78 is 0. The van der Waals surface area contributed by atoms with Crippen LogP contribution in [0.25, 0.3) is 0 Å². The zero-order chi connectivity index (χ0) is 17.1. The van der Waals surface area contributed by atoms with Crippen LogP contribution in [0.4, 0.5) is 0 Å². The molecular weight excluding hydrogens is 292 g/mol. The van der Waals surface area contributed by atoms with Gasteiger partial charge in [0.2, 0.25) is 0 Å². The molecule has 0 aliphatic carbocycles. The third-order valence-electron chi connectivity index (χ3n) is 3.30. The van der Waals surface area contributed by atoms with E-state index < -0.39 is 6.10 Å². The lowest BCUT2D eigenvalue weighted by molar-refractivity contribution is 0.0537.